The van der Waals surface area contributed by atoms with E-state index in [1.54, 1.807) is 11.3 Å². The second-order valence-corrected chi connectivity index (χ2v) is 4.46. The quantitative estimate of drug-likeness (QED) is 0.749. The summed E-state index contributed by atoms with van der Waals surface area (Å²) in [4.78, 5) is 6.60. The maximum Gasteiger partial charge on any atom is 0.186 e. The fourth-order valence-electron chi connectivity index (χ4n) is 1.25. The van der Waals surface area contributed by atoms with Crippen molar-refractivity contribution in [2.45, 2.75) is 0 Å². The summed E-state index contributed by atoms with van der Waals surface area (Å²) in [6.45, 7) is 0.835. The number of thiazole rings is 1. The van der Waals surface area contributed by atoms with Gasteiger partial charge in [-0.1, -0.05) is 23.5 Å². The lowest BCUT2D eigenvalue weighted by molar-refractivity contribution is 0.966. The molecule has 0 saturated carbocycles. The number of nitrogens with zero attached hydrogens (tertiary/aromatic N) is 2. The molecule has 0 fully saturated rings. The Morgan fingerprint density at radius 1 is 1.43 bits per heavy atom. The number of rotatable bonds is 3. The highest BCUT2D eigenvalue weighted by molar-refractivity contribution is 7.22. The molecule has 0 radical (unpaired) electrons. The van der Waals surface area contributed by atoms with E-state index in [4.69, 9.17) is 11.6 Å². The molecule has 1 aromatic heterocycles. The zero-order valence-electron chi connectivity index (χ0n) is 7.90. The van der Waals surface area contributed by atoms with Crippen molar-refractivity contribution in [3.63, 3.8) is 0 Å². The van der Waals surface area contributed by atoms with Crippen molar-refractivity contribution in [2.75, 3.05) is 24.4 Å². The predicted octanol–water partition coefficient (Wildman–Crippen LogP) is 2.97. The van der Waals surface area contributed by atoms with Crippen molar-refractivity contribution in [1.82, 2.24) is 4.98 Å². The Balaban J connectivity index is 2.35. The topological polar surface area (TPSA) is 16.1 Å². The van der Waals surface area contributed by atoms with Crippen LogP contribution in [0.4, 0.5) is 5.13 Å². The van der Waals surface area contributed by atoms with Crippen LogP contribution in [-0.4, -0.2) is 24.5 Å². The molecule has 4 heteroatoms. The van der Waals surface area contributed by atoms with E-state index in [1.807, 2.05) is 25.2 Å². The summed E-state index contributed by atoms with van der Waals surface area (Å²) >= 11 is 7.38. The molecule has 0 unspecified atom stereocenters. The van der Waals surface area contributed by atoms with Gasteiger partial charge in [0.2, 0.25) is 0 Å². The second-order valence-electron chi connectivity index (χ2n) is 3.07. The molecule has 0 aliphatic carbocycles. The van der Waals surface area contributed by atoms with Crippen molar-refractivity contribution >= 4 is 38.3 Å². The molecule has 1 aromatic carbocycles. The summed E-state index contributed by atoms with van der Waals surface area (Å²) in [7, 11) is 2.01. The van der Waals surface area contributed by atoms with Crippen LogP contribution in [0.1, 0.15) is 0 Å². The first-order valence-corrected chi connectivity index (χ1v) is 5.79. The Kier molecular flexibility index (Phi) is 2.89. The summed E-state index contributed by atoms with van der Waals surface area (Å²) < 4.78 is 1.23. The monoisotopic (exact) mass is 226 g/mol. The largest absolute Gasteiger partial charge is 0.350 e. The van der Waals surface area contributed by atoms with E-state index in [0.29, 0.717) is 5.88 Å². The minimum Gasteiger partial charge on any atom is -0.350 e. The van der Waals surface area contributed by atoms with Crippen LogP contribution in [0.5, 0.6) is 0 Å². The molecule has 2 nitrogen and oxygen atoms in total. The van der Waals surface area contributed by atoms with Gasteiger partial charge in [0.05, 0.1) is 10.2 Å². The first kappa shape index (κ1) is 9.74. The SMILES string of the molecule is CN(CCCl)c1nc2ccccc2s1. The minimum absolute atomic E-state index is 0.631. The molecule has 2 rings (SSSR count). The van der Waals surface area contributed by atoms with Crippen LogP contribution >= 0.6 is 22.9 Å². The fraction of sp³-hybridized carbons (Fsp3) is 0.300. The summed E-state index contributed by atoms with van der Waals surface area (Å²) in [5, 5.41) is 1.03. The first-order chi connectivity index (χ1) is 6.81. The van der Waals surface area contributed by atoms with Crippen LogP contribution in [0.2, 0.25) is 0 Å². The first-order valence-electron chi connectivity index (χ1n) is 4.44. The molecule has 0 aliphatic rings. The minimum atomic E-state index is 0.631. The van der Waals surface area contributed by atoms with Crippen molar-refractivity contribution in [1.29, 1.82) is 0 Å². The van der Waals surface area contributed by atoms with Gasteiger partial charge in [-0.3, -0.25) is 0 Å². The molecule has 0 atom stereocenters. The van der Waals surface area contributed by atoms with Crippen molar-refractivity contribution in [3.05, 3.63) is 24.3 Å². The number of alkyl halides is 1. The fourth-order valence-corrected chi connectivity index (χ4v) is 2.45. The number of hydrogen-bond donors (Lipinski definition) is 0. The lowest BCUT2D eigenvalue weighted by atomic mass is 10.3. The van der Waals surface area contributed by atoms with Gasteiger partial charge in [0.1, 0.15) is 0 Å². The number of fused-ring (bicyclic) bond motifs is 1. The van der Waals surface area contributed by atoms with Crippen molar-refractivity contribution in [2.24, 2.45) is 0 Å². The molecule has 14 heavy (non-hydrogen) atoms. The highest BCUT2D eigenvalue weighted by Gasteiger charge is 2.06. The summed E-state index contributed by atoms with van der Waals surface area (Å²) in [5.41, 5.74) is 1.06. The molecule has 0 saturated heterocycles. The molecule has 0 bridgehead atoms. The summed E-state index contributed by atoms with van der Waals surface area (Å²) in [5.74, 6) is 0.631. The molecule has 0 N–H and O–H groups in total. The van der Waals surface area contributed by atoms with E-state index < -0.39 is 0 Å². The van der Waals surface area contributed by atoms with Crippen LogP contribution < -0.4 is 4.90 Å². The normalized spacial score (nSPS) is 10.7. The lowest BCUT2D eigenvalue weighted by Crippen LogP contribution is -2.18. The van der Waals surface area contributed by atoms with Gasteiger partial charge in [-0.05, 0) is 12.1 Å². The highest BCUT2D eigenvalue weighted by Crippen LogP contribution is 2.27. The lowest BCUT2D eigenvalue weighted by Gasteiger charge is -2.12. The van der Waals surface area contributed by atoms with E-state index in [1.165, 1.54) is 4.70 Å². The standard InChI is InChI=1S/C10H11ClN2S/c1-13(7-6-11)10-12-8-4-2-3-5-9(8)14-10/h2-5H,6-7H2,1H3. The van der Waals surface area contributed by atoms with Gasteiger partial charge in [-0.2, -0.15) is 0 Å². The van der Waals surface area contributed by atoms with Crippen LogP contribution in [-0.2, 0) is 0 Å². The molecule has 2 aromatic rings. The Labute approximate surface area is 92.1 Å². The zero-order valence-corrected chi connectivity index (χ0v) is 9.48. The van der Waals surface area contributed by atoms with E-state index in [-0.39, 0.29) is 0 Å². The molecule has 0 amide bonds. The smallest absolute Gasteiger partial charge is 0.186 e. The highest BCUT2D eigenvalue weighted by atomic mass is 35.5. The van der Waals surface area contributed by atoms with E-state index >= 15 is 0 Å². The molecule has 1 heterocycles. The maximum absolute atomic E-state index is 5.68. The molecule has 0 aliphatic heterocycles. The average molecular weight is 227 g/mol. The zero-order chi connectivity index (χ0) is 9.97. The van der Waals surface area contributed by atoms with Gasteiger partial charge in [-0.15, -0.1) is 11.6 Å². The number of hydrogen-bond acceptors (Lipinski definition) is 3. The van der Waals surface area contributed by atoms with Crippen LogP contribution in [0.3, 0.4) is 0 Å². The number of benzene rings is 1. The average Bonchev–Trinajstić information content (AvgIpc) is 2.61. The second kappa shape index (κ2) is 4.15. The number of halogens is 1. The van der Waals surface area contributed by atoms with Crippen LogP contribution in [0.15, 0.2) is 24.3 Å². The third kappa shape index (κ3) is 1.83. The van der Waals surface area contributed by atoms with E-state index in [9.17, 15) is 0 Å². The van der Waals surface area contributed by atoms with E-state index in [2.05, 4.69) is 16.0 Å². The molecule has 0 spiro atoms. The van der Waals surface area contributed by atoms with Crippen molar-refractivity contribution < 1.29 is 0 Å². The summed E-state index contributed by atoms with van der Waals surface area (Å²) in [6, 6.07) is 8.16. The third-order valence-corrected chi connectivity index (χ3v) is 3.35. The maximum atomic E-state index is 5.68. The Bertz CT molecular complexity index is 394. The van der Waals surface area contributed by atoms with Gasteiger partial charge >= 0.3 is 0 Å². The molecular formula is C10H11ClN2S. The summed E-state index contributed by atoms with van der Waals surface area (Å²) in [6.07, 6.45) is 0. The Morgan fingerprint density at radius 3 is 2.93 bits per heavy atom. The molecular weight excluding hydrogens is 216 g/mol. The predicted molar refractivity (Wildman–Crippen MR) is 63.6 cm³/mol. The van der Waals surface area contributed by atoms with Crippen LogP contribution in [0, 0.1) is 0 Å². The number of anilines is 1. The van der Waals surface area contributed by atoms with Gasteiger partial charge < -0.3 is 4.90 Å². The number of aromatic nitrogens is 1. The molecule has 74 valence electrons. The van der Waals surface area contributed by atoms with Crippen LogP contribution in [0.25, 0.3) is 10.2 Å². The van der Waals surface area contributed by atoms with Gasteiger partial charge in [0.25, 0.3) is 0 Å². The van der Waals surface area contributed by atoms with Gasteiger partial charge in [0.15, 0.2) is 5.13 Å². The Morgan fingerprint density at radius 2 is 2.21 bits per heavy atom. The van der Waals surface area contributed by atoms with Gasteiger partial charge in [0, 0.05) is 19.5 Å². The third-order valence-electron chi connectivity index (χ3n) is 2.03. The number of para-hydroxylation sites is 1. The van der Waals surface area contributed by atoms with Gasteiger partial charge in [-0.25, -0.2) is 4.98 Å². The van der Waals surface area contributed by atoms with E-state index in [0.717, 1.165) is 17.2 Å². The van der Waals surface area contributed by atoms with Crippen molar-refractivity contribution in [3.8, 4) is 0 Å². The Hall–Kier alpha value is -0.800.